The van der Waals surface area contributed by atoms with Crippen molar-refractivity contribution in [1.82, 2.24) is 34.1 Å². The molecule has 3 N–H and O–H groups in total. The maximum atomic E-state index is 14.5. The Balaban J connectivity index is 0.00000481. The molecule has 1 saturated carbocycles. The standard InChI is InChI=1S/C39H39F2N7O4.ClH/c40-28-11-16-35-45-34(24-46(35)23-28)37(50)44-30-12-14-31(15-13-30)48-38(51)33-21-29(41)22-43-36(33)47(39(48)52)32-6-1-5-27(20-32)26-9-7-25(8-10-26)4-2-17-42-18-3-19-49;/h1,5-11,16,20-24,30-31,42,49H,2-4,12-15,17-19H2,(H,44,50);1H. The first-order valence-electron chi connectivity index (χ1n) is 17.6. The zero-order chi connectivity index (χ0) is 36.2. The fraction of sp³-hybridized carbons (Fsp3) is 0.308. The van der Waals surface area contributed by atoms with Gasteiger partial charge in [0, 0.05) is 31.1 Å². The fourth-order valence-corrected chi connectivity index (χ4v) is 6.98. The highest BCUT2D eigenvalue weighted by atomic mass is 35.5. The predicted octanol–water partition coefficient (Wildman–Crippen LogP) is 5.38. The number of carbonyl (C=O) groups excluding carboxylic acids is 1. The van der Waals surface area contributed by atoms with Gasteiger partial charge in [0.05, 0.1) is 17.3 Å². The average molecular weight is 744 g/mol. The van der Waals surface area contributed by atoms with Crippen molar-refractivity contribution < 1.29 is 18.7 Å². The highest BCUT2D eigenvalue weighted by Crippen LogP contribution is 2.29. The molecule has 1 aliphatic rings. The summed E-state index contributed by atoms with van der Waals surface area (Å²) in [7, 11) is 0. The van der Waals surface area contributed by atoms with Crippen LogP contribution >= 0.6 is 12.4 Å². The van der Waals surface area contributed by atoms with Gasteiger partial charge in [-0.1, -0.05) is 36.4 Å². The van der Waals surface area contributed by atoms with Crippen molar-refractivity contribution in [1.29, 1.82) is 0 Å². The highest BCUT2D eigenvalue weighted by Gasteiger charge is 2.28. The molecule has 2 aromatic carbocycles. The zero-order valence-electron chi connectivity index (χ0n) is 28.9. The number of aliphatic hydroxyl groups excluding tert-OH is 1. The number of aryl methyl sites for hydroxylation is 1. The van der Waals surface area contributed by atoms with E-state index in [-0.39, 0.29) is 41.8 Å². The Morgan fingerprint density at radius 2 is 1.66 bits per heavy atom. The van der Waals surface area contributed by atoms with Gasteiger partial charge in [-0.3, -0.25) is 14.2 Å². The first-order chi connectivity index (χ1) is 25.3. The Kier molecular flexibility index (Phi) is 11.8. The minimum atomic E-state index is -0.683. The van der Waals surface area contributed by atoms with E-state index in [0.717, 1.165) is 55.7 Å². The molecule has 0 radical (unpaired) electrons. The smallest absolute Gasteiger partial charge is 0.337 e. The summed E-state index contributed by atoms with van der Waals surface area (Å²) in [5.41, 5.74) is 3.01. The lowest BCUT2D eigenvalue weighted by atomic mass is 9.90. The van der Waals surface area contributed by atoms with Crippen LogP contribution in [-0.4, -0.2) is 60.3 Å². The summed E-state index contributed by atoms with van der Waals surface area (Å²) in [5, 5.41) is 15.2. The second-order valence-corrected chi connectivity index (χ2v) is 13.2. The van der Waals surface area contributed by atoms with Crippen LogP contribution in [0.3, 0.4) is 0 Å². The van der Waals surface area contributed by atoms with E-state index in [4.69, 9.17) is 5.11 Å². The van der Waals surface area contributed by atoms with Crippen molar-refractivity contribution in [3.63, 3.8) is 0 Å². The molecule has 0 unspecified atom stereocenters. The molecule has 1 aliphatic carbocycles. The summed E-state index contributed by atoms with van der Waals surface area (Å²) < 4.78 is 32.2. The number of fused-ring (bicyclic) bond motifs is 2. The molecule has 1 amide bonds. The molecule has 0 aliphatic heterocycles. The van der Waals surface area contributed by atoms with Crippen LogP contribution in [0.5, 0.6) is 0 Å². The van der Waals surface area contributed by atoms with E-state index in [0.29, 0.717) is 37.0 Å². The van der Waals surface area contributed by atoms with Crippen LogP contribution in [0.1, 0.15) is 60.6 Å². The van der Waals surface area contributed by atoms with Gasteiger partial charge in [0.25, 0.3) is 11.5 Å². The number of nitrogens with one attached hydrogen (secondary N) is 2. The van der Waals surface area contributed by atoms with E-state index in [2.05, 4.69) is 32.7 Å². The molecule has 276 valence electrons. The van der Waals surface area contributed by atoms with E-state index >= 15 is 0 Å². The number of benzene rings is 2. The molecule has 0 atom stereocenters. The summed E-state index contributed by atoms with van der Waals surface area (Å²) in [5.74, 6) is -1.52. The molecule has 11 nitrogen and oxygen atoms in total. The lowest BCUT2D eigenvalue weighted by Crippen LogP contribution is -2.45. The van der Waals surface area contributed by atoms with E-state index < -0.39 is 34.8 Å². The molecule has 0 spiro atoms. The first kappa shape index (κ1) is 37.5. The van der Waals surface area contributed by atoms with Crippen LogP contribution in [-0.2, 0) is 6.42 Å². The van der Waals surface area contributed by atoms with Gasteiger partial charge in [-0.15, -0.1) is 12.4 Å². The van der Waals surface area contributed by atoms with Gasteiger partial charge in [-0.05, 0) is 105 Å². The Bertz CT molecular complexity index is 2350. The minimum Gasteiger partial charge on any atom is -0.396 e. The predicted molar refractivity (Wildman–Crippen MR) is 201 cm³/mol. The van der Waals surface area contributed by atoms with Gasteiger partial charge in [0.15, 0.2) is 5.65 Å². The molecule has 4 heterocycles. The number of aromatic nitrogens is 5. The molecule has 1 fully saturated rings. The van der Waals surface area contributed by atoms with Crippen LogP contribution in [0.4, 0.5) is 8.78 Å². The number of hydrogen-bond donors (Lipinski definition) is 3. The van der Waals surface area contributed by atoms with Gasteiger partial charge < -0.3 is 20.1 Å². The van der Waals surface area contributed by atoms with E-state index in [9.17, 15) is 23.2 Å². The van der Waals surface area contributed by atoms with Gasteiger partial charge in [-0.2, -0.15) is 0 Å². The maximum absolute atomic E-state index is 14.5. The third-order valence-corrected chi connectivity index (χ3v) is 9.66. The van der Waals surface area contributed by atoms with Crippen LogP contribution in [0.2, 0.25) is 0 Å². The van der Waals surface area contributed by atoms with Crippen molar-refractivity contribution in [3.8, 4) is 16.8 Å². The molecule has 6 aromatic rings. The largest absolute Gasteiger partial charge is 0.396 e. The first-order valence-corrected chi connectivity index (χ1v) is 17.6. The summed E-state index contributed by atoms with van der Waals surface area (Å²) in [4.78, 5) is 49.6. The highest BCUT2D eigenvalue weighted by molar-refractivity contribution is 5.93. The van der Waals surface area contributed by atoms with E-state index in [1.165, 1.54) is 43.6 Å². The molecule has 4 aromatic heterocycles. The SMILES string of the molecule is Cl.O=C(NC1CCC(n2c(=O)c3cc(F)cnc3n(-c3cccc(-c4ccc(CCCNCCCO)cc4)c3)c2=O)CC1)c1cn2cc(F)ccc2n1. The Morgan fingerprint density at radius 1 is 0.887 bits per heavy atom. The molecule has 53 heavy (non-hydrogen) atoms. The van der Waals surface area contributed by atoms with Gasteiger partial charge in [-0.25, -0.2) is 28.1 Å². The maximum Gasteiger partial charge on any atom is 0.337 e. The third-order valence-electron chi connectivity index (χ3n) is 9.66. The van der Waals surface area contributed by atoms with Crippen molar-refractivity contribution in [3.05, 3.63) is 129 Å². The topological polar surface area (TPSA) is 136 Å². The number of amides is 1. The second-order valence-electron chi connectivity index (χ2n) is 13.2. The lowest BCUT2D eigenvalue weighted by molar-refractivity contribution is 0.0917. The normalized spacial score (nSPS) is 15.8. The summed E-state index contributed by atoms with van der Waals surface area (Å²) in [6.45, 7) is 1.85. The van der Waals surface area contributed by atoms with Gasteiger partial charge in [0.2, 0.25) is 0 Å². The number of imidazole rings is 1. The minimum absolute atomic E-state index is 0. The molecular weight excluding hydrogens is 704 g/mol. The molecule has 14 heteroatoms. The fourth-order valence-electron chi connectivity index (χ4n) is 6.98. The van der Waals surface area contributed by atoms with Crippen LogP contribution in [0.25, 0.3) is 33.5 Å². The summed E-state index contributed by atoms with van der Waals surface area (Å²) >= 11 is 0. The van der Waals surface area contributed by atoms with Crippen molar-refractivity contribution in [2.75, 3.05) is 19.7 Å². The molecular formula is C39H40ClF2N7O4. The number of aliphatic hydroxyl groups is 1. The molecule has 0 saturated heterocycles. The molecule has 0 bridgehead atoms. The van der Waals surface area contributed by atoms with Crippen LogP contribution in [0, 0.1) is 11.6 Å². The Morgan fingerprint density at radius 3 is 2.43 bits per heavy atom. The monoisotopic (exact) mass is 743 g/mol. The number of pyridine rings is 2. The second kappa shape index (κ2) is 16.6. The van der Waals surface area contributed by atoms with Crippen LogP contribution in [0.15, 0.2) is 94.9 Å². The van der Waals surface area contributed by atoms with Gasteiger partial charge in [0.1, 0.15) is 23.0 Å². The zero-order valence-corrected chi connectivity index (χ0v) is 29.7. The van der Waals surface area contributed by atoms with Gasteiger partial charge >= 0.3 is 5.69 Å². The van der Waals surface area contributed by atoms with E-state index in [1.54, 1.807) is 6.07 Å². The number of carbonyl (C=O) groups is 1. The Hall–Kier alpha value is -5.24. The van der Waals surface area contributed by atoms with Crippen molar-refractivity contribution in [2.45, 2.75) is 57.0 Å². The number of halogens is 3. The van der Waals surface area contributed by atoms with Crippen molar-refractivity contribution in [2.24, 2.45) is 0 Å². The average Bonchev–Trinajstić information content (AvgIpc) is 3.58. The number of rotatable bonds is 12. The number of nitrogens with zero attached hydrogens (tertiary/aromatic N) is 5. The van der Waals surface area contributed by atoms with Crippen molar-refractivity contribution >= 4 is 35.0 Å². The number of hydrogen-bond acceptors (Lipinski definition) is 7. The molecule has 7 rings (SSSR count). The van der Waals surface area contributed by atoms with Crippen LogP contribution < -0.4 is 21.9 Å². The summed E-state index contributed by atoms with van der Waals surface area (Å²) in [6, 6.07) is 18.8. The Labute approximate surface area is 309 Å². The summed E-state index contributed by atoms with van der Waals surface area (Å²) in [6.07, 6.45) is 8.19. The quantitative estimate of drug-likeness (QED) is 0.143. The lowest BCUT2D eigenvalue weighted by Gasteiger charge is -2.30. The third kappa shape index (κ3) is 8.22. The van der Waals surface area contributed by atoms with E-state index in [1.807, 2.05) is 30.3 Å².